The first kappa shape index (κ1) is 13.8. The van der Waals surface area contributed by atoms with Crippen LogP contribution in [0.25, 0.3) is 16.6 Å². The lowest BCUT2D eigenvalue weighted by atomic mass is 10.1. The van der Waals surface area contributed by atoms with Crippen molar-refractivity contribution in [3.63, 3.8) is 0 Å². The quantitative estimate of drug-likeness (QED) is 0.800. The Labute approximate surface area is 124 Å². The summed E-state index contributed by atoms with van der Waals surface area (Å²) in [6.07, 6.45) is 5.49. The van der Waals surface area contributed by atoms with Gasteiger partial charge in [0.1, 0.15) is 12.1 Å². The van der Waals surface area contributed by atoms with Crippen molar-refractivity contribution in [2.24, 2.45) is 0 Å². The predicted molar refractivity (Wildman–Crippen MR) is 85.5 cm³/mol. The van der Waals surface area contributed by atoms with Crippen LogP contribution in [0, 0.1) is 0 Å². The maximum absolute atomic E-state index is 4.81. The molecule has 0 bridgehead atoms. The topological polar surface area (TPSA) is 42.7 Å². The second-order valence-electron chi connectivity index (χ2n) is 6.23. The molecule has 0 aliphatic rings. The summed E-state index contributed by atoms with van der Waals surface area (Å²) in [5.74, 6) is 0.927. The third-order valence-corrected chi connectivity index (χ3v) is 3.32. The molecule has 0 radical (unpaired) electrons. The first-order valence-corrected chi connectivity index (χ1v) is 7.15. The monoisotopic (exact) mass is 280 g/mol. The molecule has 108 valence electrons. The van der Waals surface area contributed by atoms with Gasteiger partial charge in [-0.05, 0) is 32.2 Å². The molecule has 0 saturated heterocycles. The van der Waals surface area contributed by atoms with Crippen molar-refractivity contribution in [1.82, 2.24) is 19.9 Å². The smallest absolute Gasteiger partial charge is 0.146 e. The van der Waals surface area contributed by atoms with Gasteiger partial charge in [-0.3, -0.25) is 4.57 Å². The van der Waals surface area contributed by atoms with Gasteiger partial charge < -0.3 is 5.32 Å². The molecule has 0 aliphatic heterocycles. The summed E-state index contributed by atoms with van der Waals surface area (Å²) in [7, 11) is 0. The Hall–Kier alpha value is -2.20. The number of rotatable bonds is 3. The predicted octanol–water partition coefficient (Wildman–Crippen LogP) is 3.31. The van der Waals surface area contributed by atoms with Crippen LogP contribution in [0.2, 0.25) is 0 Å². The molecule has 2 aromatic heterocycles. The molecule has 0 saturated carbocycles. The summed E-state index contributed by atoms with van der Waals surface area (Å²) in [4.78, 5) is 8.93. The number of nitrogens with one attached hydrogen (secondary N) is 1. The minimum Gasteiger partial charge on any atom is -0.306 e. The first-order chi connectivity index (χ1) is 10.0. The maximum atomic E-state index is 4.81. The van der Waals surface area contributed by atoms with Crippen LogP contribution in [0.15, 0.2) is 49.1 Å². The third kappa shape index (κ3) is 3.11. The van der Waals surface area contributed by atoms with Gasteiger partial charge in [0.25, 0.3) is 0 Å². The summed E-state index contributed by atoms with van der Waals surface area (Å²) in [6, 6.07) is 10.5. The van der Waals surface area contributed by atoms with Crippen molar-refractivity contribution >= 4 is 10.8 Å². The third-order valence-electron chi connectivity index (χ3n) is 3.32. The van der Waals surface area contributed by atoms with Crippen LogP contribution < -0.4 is 5.32 Å². The van der Waals surface area contributed by atoms with Gasteiger partial charge in [0.05, 0.1) is 5.69 Å². The van der Waals surface area contributed by atoms with E-state index in [0.29, 0.717) is 0 Å². The molecule has 4 heteroatoms. The number of imidazole rings is 1. The van der Waals surface area contributed by atoms with Crippen molar-refractivity contribution in [3.05, 3.63) is 54.7 Å². The van der Waals surface area contributed by atoms with Gasteiger partial charge >= 0.3 is 0 Å². The van der Waals surface area contributed by atoms with Crippen molar-refractivity contribution in [1.29, 1.82) is 0 Å². The maximum Gasteiger partial charge on any atom is 0.146 e. The standard InChI is InChI=1S/C17H20N4/c1-17(2,3)19-11-14-10-13-6-4-5-7-15(13)16(20-14)21-9-8-18-12-21/h4-10,12,19H,11H2,1-3H3. The van der Waals surface area contributed by atoms with E-state index in [1.807, 2.05) is 16.8 Å². The Morgan fingerprint density at radius 3 is 2.71 bits per heavy atom. The van der Waals surface area contributed by atoms with E-state index in [0.717, 1.165) is 23.4 Å². The summed E-state index contributed by atoms with van der Waals surface area (Å²) >= 11 is 0. The summed E-state index contributed by atoms with van der Waals surface area (Å²) in [5, 5.41) is 5.82. The summed E-state index contributed by atoms with van der Waals surface area (Å²) in [6.45, 7) is 7.22. The lowest BCUT2D eigenvalue weighted by Gasteiger charge is -2.20. The Morgan fingerprint density at radius 2 is 2.00 bits per heavy atom. The van der Waals surface area contributed by atoms with Gasteiger partial charge in [0.15, 0.2) is 0 Å². The highest BCUT2D eigenvalue weighted by Gasteiger charge is 2.11. The van der Waals surface area contributed by atoms with Crippen LogP contribution in [0.5, 0.6) is 0 Å². The van der Waals surface area contributed by atoms with Crippen LogP contribution in [0.4, 0.5) is 0 Å². The van der Waals surface area contributed by atoms with Crippen molar-refractivity contribution in [2.75, 3.05) is 0 Å². The normalized spacial score (nSPS) is 12.0. The second-order valence-corrected chi connectivity index (χ2v) is 6.23. The molecule has 2 heterocycles. The zero-order chi connectivity index (χ0) is 14.9. The molecule has 0 amide bonds. The second kappa shape index (κ2) is 5.30. The molecule has 4 nitrogen and oxygen atoms in total. The van der Waals surface area contributed by atoms with Gasteiger partial charge in [-0.15, -0.1) is 0 Å². The fraction of sp³-hybridized carbons (Fsp3) is 0.294. The number of fused-ring (bicyclic) bond motifs is 1. The van der Waals surface area contributed by atoms with E-state index in [1.54, 1.807) is 12.5 Å². The zero-order valence-electron chi connectivity index (χ0n) is 12.7. The number of hydrogen-bond donors (Lipinski definition) is 1. The average Bonchev–Trinajstić information content (AvgIpc) is 2.97. The lowest BCUT2D eigenvalue weighted by Crippen LogP contribution is -2.35. The number of hydrogen-bond acceptors (Lipinski definition) is 3. The molecule has 1 N–H and O–H groups in total. The number of benzene rings is 1. The molecule has 3 aromatic rings. The SMILES string of the molecule is CC(C)(C)NCc1cc2ccccc2c(-n2ccnc2)n1. The molecule has 0 unspecified atom stereocenters. The minimum absolute atomic E-state index is 0.0719. The van der Waals surface area contributed by atoms with Crippen LogP contribution in [0.3, 0.4) is 0 Å². The summed E-state index contributed by atoms with van der Waals surface area (Å²) in [5.41, 5.74) is 1.11. The van der Waals surface area contributed by atoms with Crippen LogP contribution in [-0.2, 0) is 6.54 Å². The fourth-order valence-corrected chi connectivity index (χ4v) is 2.26. The van der Waals surface area contributed by atoms with Gasteiger partial charge in [0, 0.05) is 29.9 Å². The largest absolute Gasteiger partial charge is 0.306 e. The fourth-order valence-electron chi connectivity index (χ4n) is 2.26. The van der Waals surface area contributed by atoms with Crippen molar-refractivity contribution in [2.45, 2.75) is 32.9 Å². The van der Waals surface area contributed by atoms with Crippen LogP contribution in [0.1, 0.15) is 26.5 Å². The number of aromatic nitrogens is 3. The lowest BCUT2D eigenvalue weighted by molar-refractivity contribution is 0.421. The van der Waals surface area contributed by atoms with E-state index >= 15 is 0 Å². The molecule has 0 atom stereocenters. The van der Waals surface area contributed by atoms with Gasteiger partial charge in [-0.2, -0.15) is 0 Å². The number of pyridine rings is 1. The van der Waals surface area contributed by atoms with Crippen molar-refractivity contribution < 1.29 is 0 Å². The molecule has 21 heavy (non-hydrogen) atoms. The van der Waals surface area contributed by atoms with Gasteiger partial charge in [-0.25, -0.2) is 9.97 Å². The van der Waals surface area contributed by atoms with E-state index in [9.17, 15) is 0 Å². The van der Waals surface area contributed by atoms with E-state index in [4.69, 9.17) is 4.98 Å². The Bertz CT molecular complexity index is 739. The van der Waals surface area contributed by atoms with Crippen LogP contribution >= 0.6 is 0 Å². The molecule has 3 rings (SSSR count). The Morgan fingerprint density at radius 1 is 1.19 bits per heavy atom. The Kier molecular flexibility index (Phi) is 3.47. The minimum atomic E-state index is 0.0719. The Balaban J connectivity index is 2.07. The average molecular weight is 280 g/mol. The first-order valence-electron chi connectivity index (χ1n) is 7.15. The molecule has 0 aliphatic carbocycles. The van der Waals surface area contributed by atoms with Crippen molar-refractivity contribution in [3.8, 4) is 5.82 Å². The molecular formula is C17H20N4. The van der Waals surface area contributed by atoms with E-state index in [1.165, 1.54) is 5.39 Å². The van der Waals surface area contributed by atoms with Gasteiger partial charge in [0.2, 0.25) is 0 Å². The van der Waals surface area contributed by atoms with E-state index < -0.39 is 0 Å². The summed E-state index contributed by atoms with van der Waals surface area (Å²) < 4.78 is 1.96. The number of nitrogens with zero attached hydrogens (tertiary/aromatic N) is 3. The molecule has 0 fully saturated rings. The van der Waals surface area contributed by atoms with Gasteiger partial charge in [-0.1, -0.05) is 24.3 Å². The zero-order valence-corrected chi connectivity index (χ0v) is 12.7. The highest BCUT2D eigenvalue weighted by Crippen LogP contribution is 2.21. The molecular weight excluding hydrogens is 260 g/mol. The van der Waals surface area contributed by atoms with E-state index in [2.05, 4.69) is 55.3 Å². The van der Waals surface area contributed by atoms with Crippen LogP contribution in [-0.4, -0.2) is 20.1 Å². The molecule has 0 spiro atoms. The highest BCUT2D eigenvalue weighted by atomic mass is 15.1. The highest BCUT2D eigenvalue weighted by molar-refractivity contribution is 5.88. The molecule has 1 aromatic carbocycles. The van der Waals surface area contributed by atoms with E-state index in [-0.39, 0.29) is 5.54 Å².